The van der Waals surface area contributed by atoms with Crippen molar-refractivity contribution < 1.29 is 18.0 Å². The van der Waals surface area contributed by atoms with Crippen molar-refractivity contribution in [2.75, 3.05) is 23.7 Å². The Morgan fingerprint density at radius 2 is 1.68 bits per heavy atom. The average molecular weight is 619 g/mol. The van der Waals surface area contributed by atoms with Gasteiger partial charge in [0, 0.05) is 42.5 Å². The van der Waals surface area contributed by atoms with E-state index >= 15 is 0 Å². The summed E-state index contributed by atoms with van der Waals surface area (Å²) < 4.78 is 26.8. The molecule has 1 N–H and O–H groups in total. The molecule has 220 valence electrons. The Balaban J connectivity index is 1.91. The molecule has 0 heterocycles. The third-order valence-corrected chi connectivity index (χ3v) is 8.74. The Kier molecular flexibility index (Phi) is 11.6. The molecule has 0 unspecified atom stereocenters. The molecule has 0 saturated carbocycles. The zero-order valence-corrected chi connectivity index (χ0v) is 26.2. The first-order valence-corrected chi connectivity index (χ1v) is 16.1. The molecule has 0 spiro atoms. The van der Waals surface area contributed by atoms with Gasteiger partial charge in [-0.25, -0.2) is 8.42 Å². The fourth-order valence-electron chi connectivity index (χ4n) is 4.67. The van der Waals surface area contributed by atoms with Crippen molar-refractivity contribution in [2.24, 2.45) is 0 Å². The van der Waals surface area contributed by atoms with Gasteiger partial charge in [0.1, 0.15) is 6.04 Å². The summed E-state index contributed by atoms with van der Waals surface area (Å²) in [4.78, 5) is 28.7. The Bertz CT molecular complexity index is 1470. The number of likely N-dealkylation sites (N-methyl/N-ethyl adjacent to an activating group) is 1. The van der Waals surface area contributed by atoms with Crippen LogP contribution in [0.1, 0.15) is 42.0 Å². The molecule has 0 aromatic heterocycles. The van der Waals surface area contributed by atoms with Gasteiger partial charge >= 0.3 is 0 Å². The van der Waals surface area contributed by atoms with E-state index in [0.29, 0.717) is 34.3 Å². The van der Waals surface area contributed by atoms with Crippen LogP contribution in [0.15, 0.2) is 66.7 Å². The second-order valence-corrected chi connectivity index (χ2v) is 12.8. The maximum atomic E-state index is 13.9. The molecule has 0 saturated heterocycles. The maximum absolute atomic E-state index is 13.9. The molecule has 10 heteroatoms. The summed E-state index contributed by atoms with van der Waals surface area (Å²) in [6.07, 6.45) is 1.77. The lowest BCUT2D eigenvalue weighted by Crippen LogP contribution is -2.50. The van der Waals surface area contributed by atoms with Crippen molar-refractivity contribution in [3.63, 3.8) is 0 Å². The number of nitrogens with zero attached hydrogens (tertiary/aromatic N) is 2. The number of amides is 2. The van der Waals surface area contributed by atoms with Crippen LogP contribution in [-0.2, 0) is 32.6 Å². The molecule has 3 rings (SSSR count). The minimum absolute atomic E-state index is 0.0345. The van der Waals surface area contributed by atoms with Crippen LogP contribution >= 0.6 is 23.2 Å². The minimum Gasteiger partial charge on any atom is -0.355 e. The van der Waals surface area contributed by atoms with Crippen LogP contribution in [0.5, 0.6) is 0 Å². The van der Waals surface area contributed by atoms with Gasteiger partial charge in [0.2, 0.25) is 21.8 Å². The Labute approximate surface area is 253 Å². The highest BCUT2D eigenvalue weighted by Crippen LogP contribution is 2.27. The predicted octanol–water partition coefficient (Wildman–Crippen LogP) is 5.93. The Hall–Kier alpha value is -3.07. The molecular weight excluding hydrogens is 581 g/mol. The van der Waals surface area contributed by atoms with Gasteiger partial charge in [-0.15, -0.1) is 0 Å². The number of hydrogen-bond acceptors (Lipinski definition) is 4. The number of halogens is 2. The van der Waals surface area contributed by atoms with Crippen LogP contribution in [0.25, 0.3) is 0 Å². The number of aryl methyl sites for hydroxylation is 1. The van der Waals surface area contributed by atoms with E-state index in [1.807, 2.05) is 63.2 Å². The van der Waals surface area contributed by atoms with Gasteiger partial charge in [-0.05, 0) is 67.6 Å². The molecule has 0 aliphatic heterocycles. The molecule has 0 aliphatic carbocycles. The lowest BCUT2D eigenvalue weighted by atomic mass is 10.0. The maximum Gasteiger partial charge on any atom is 0.243 e. The first-order valence-electron chi connectivity index (χ1n) is 13.5. The molecule has 7 nitrogen and oxygen atoms in total. The van der Waals surface area contributed by atoms with E-state index in [1.54, 1.807) is 24.3 Å². The largest absolute Gasteiger partial charge is 0.355 e. The molecule has 0 radical (unpaired) electrons. The third kappa shape index (κ3) is 8.96. The zero-order chi connectivity index (χ0) is 30.2. The SMILES string of the molecule is CCNC(=O)[C@@H](Cc1ccccc1)N(Cc1ccc(Cl)cc1Cl)C(=O)CCCN(c1cccc(C)c1C)S(C)(=O)=O. The first kappa shape index (κ1) is 32.4. The summed E-state index contributed by atoms with van der Waals surface area (Å²) in [5.74, 6) is -0.555. The van der Waals surface area contributed by atoms with Crippen molar-refractivity contribution >= 4 is 50.7 Å². The first-order chi connectivity index (χ1) is 19.4. The van der Waals surface area contributed by atoms with Crippen LogP contribution < -0.4 is 9.62 Å². The monoisotopic (exact) mass is 617 g/mol. The van der Waals surface area contributed by atoms with Crippen molar-refractivity contribution in [2.45, 2.75) is 52.6 Å². The number of sulfonamides is 1. The molecule has 1 atom stereocenters. The summed E-state index contributed by atoms with van der Waals surface area (Å²) in [7, 11) is -3.60. The van der Waals surface area contributed by atoms with Crippen LogP contribution in [0.2, 0.25) is 10.0 Å². The standard InChI is InChI=1S/C31H37Cl2N3O4S/c1-5-34-31(38)29(19-24-12-7-6-8-13-24)35(21-25-16-17-26(32)20-27(25)33)30(37)15-10-18-36(41(4,39)40)28-14-9-11-22(2)23(28)3/h6-9,11-14,16-17,20,29H,5,10,15,18-19,21H2,1-4H3,(H,34,38)/t29-/m1/s1. The normalized spacial score (nSPS) is 12.0. The van der Waals surface area contributed by atoms with Gasteiger partial charge in [0.25, 0.3) is 0 Å². The van der Waals surface area contributed by atoms with E-state index in [2.05, 4.69) is 5.32 Å². The summed E-state index contributed by atoms with van der Waals surface area (Å²) >= 11 is 12.6. The summed E-state index contributed by atoms with van der Waals surface area (Å²) in [5, 5.41) is 3.72. The highest BCUT2D eigenvalue weighted by atomic mass is 35.5. The molecule has 2 amide bonds. The van der Waals surface area contributed by atoms with Gasteiger partial charge in [0.15, 0.2) is 0 Å². The van der Waals surface area contributed by atoms with E-state index in [4.69, 9.17) is 23.2 Å². The van der Waals surface area contributed by atoms with E-state index in [9.17, 15) is 18.0 Å². The quantitative estimate of drug-likeness (QED) is 0.257. The van der Waals surface area contributed by atoms with Crippen LogP contribution in [0.4, 0.5) is 5.69 Å². The van der Waals surface area contributed by atoms with E-state index < -0.39 is 16.1 Å². The Morgan fingerprint density at radius 1 is 0.976 bits per heavy atom. The van der Waals surface area contributed by atoms with Crippen molar-refractivity contribution in [1.82, 2.24) is 10.2 Å². The van der Waals surface area contributed by atoms with Crippen LogP contribution in [0.3, 0.4) is 0 Å². The minimum atomic E-state index is -3.60. The molecular formula is C31H37Cl2N3O4S. The molecule has 0 bridgehead atoms. The van der Waals surface area contributed by atoms with Gasteiger partial charge in [0.05, 0.1) is 11.9 Å². The summed E-state index contributed by atoms with van der Waals surface area (Å²) in [6.45, 7) is 6.26. The third-order valence-electron chi connectivity index (χ3n) is 6.97. The van der Waals surface area contributed by atoms with E-state index in [-0.39, 0.29) is 37.7 Å². The fraction of sp³-hybridized carbons (Fsp3) is 0.355. The molecule has 41 heavy (non-hydrogen) atoms. The predicted molar refractivity (Wildman–Crippen MR) is 167 cm³/mol. The van der Waals surface area contributed by atoms with E-state index in [0.717, 1.165) is 22.9 Å². The zero-order valence-electron chi connectivity index (χ0n) is 23.9. The molecule has 3 aromatic rings. The van der Waals surface area contributed by atoms with Crippen molar-refractivity contribution in [3.8, 4) is 0 Å². The lowest BCUT2D eigenvalue weighted by Gasteiger charge is -2.32. The fourth-order valence-corrected chi connectivity index (χ4v) is 6.15. The molecule has 0 fully saturated rings. The molecule has 3 aromatic carbocycles. The highest BCUT2D eigenvalue weighted by molar-refractivity contribution is 7.92. The number of carbonyl (C=O) groups excluding carboxylic acids is 2. The molecule has 0 aliphatic rings. The van der Waals surface area contributed by atoms with Crippen LogP contribution in [0, 0.1) is 13.8 Å². The van der Waals surface area contributed by atoms with E-state index in [1.165, 1.54) is 9.21 Å². The number of nitrogens with one attached hydrogen (secondary N) is 1. The van der Waals surface area contributed by atoms with Crippen molar-refractivity contribution in [3.05, 3.63) is 99.0 Å². The van der Waals surface area contributed by atoms with Gasteiger partial charge in [-0.1, -0.05) is 71.7 Å². The van der Waals surface area contributed by atoms with Crippen molar-refractivity contribution in [1.29, 1.82) is 0 Å². The topological polar surface area (TPSA) is 86.8 Å². The average Bonchev–Trinajstić information content (AvgIpc) is 2.91. The van der Waals surface area contributed by atoms with Gasteiger partial charge < -0.3 is 10.2 Å². The van der Waals surface area contributed by atoms with Crippen LogP contribution in [-0.4, -0.2) is 50.5 Å². The number of hydrogen-bond donors (Lipinski definition) is 1. The second-order valence-electron chi connectivity index (χ2n) is 10.0. The van der Waals surface area contributed by atoms with Gasteiger partial charge in [-0.3, -0.25) is 13.9 Å². The summed E-state index contributed by atoms with van der Waals surface area (Å²) in [6, 6.07) is 19.3. The lowest BCUT2D eigenvalue weighted by molar-refractivity contribution is -0.141. The summed E-state index contributed by atoms with van der Waals surface area (Å²) in [5.41, 5.74) is 3.99. The number of rotatable bonds is 13. The number of carbonyl (C=O) groups is 2. The highest BCUT2D eigenvalue weighted by Gasteiger charge is 2.31. The Morgan fingerprint density at radius 3 is 2.32 bits per heavy atom. The number of benzene rings is 3. The second kappa shape index (κ2) is 14.7. The van der Waals surface area contributed by atoms with Gasteiger partial charge in [-0.2, -0.15) is 0 Å². The smallest absolute Gasteiger partial charge is 0.243 e. The number of anilines is 1.